The molecule has 1 rings (SSSR count). The van der Waals surface area contributed by atoms with Crippen LogP contribution in [0.3, 0.4) is 0 Å². The minimum absolute atomic E-state index is 0. The molecule has 0 radical (unpaired) electrons. The van der Waals surface area contributed by atoms with E-state index in [9.17, 15) is 0 Å². The van der Waals surface area contributed by atoms with Crippen molar-refractivity contribution in [3.05, 3.63) is 0 Å². The zero-order chi connectivity index (χ0) is 8.32. The van der Waals surface area contributed by atoms with Gasteiger partial charge in [0.2, 0.25) is 0 Å². The van der Waals surface area contributed by atoms with Gasteiger partial charge in [-0.25, -0.2) is 0 Å². The highest BCUT2D eigenvalue weighted by Gasteiger charge is 2.29. The number of nitrogens with zero attached hydrogens (tertiary/aromatic N) is 1. The lowest BCUT2D eigenvalue weighted by Gasteiger charge is -2.36. The van der Waals surface area contributed by atoms with Crippen LogP contribution < -0.4 is 0 Å². The third-order valence-electron chi connectivity index (χ3n) is 2.53. The van der Waals surface area contributed by atoms with Crippen LogP contribution in [0.15, 0.2) is 0 Å². The number of hydrogen-bond donors (Lipinski definition) is 0. The predicted octanol–water partition coefficient (Wildman–Crippen LogP) is 1.68. The Morgan fingerprint density at radius 1 is 1.17 bits per heavy atom. The minimum atomic E-state index is 0. The lowest BCUT2D eigenvalue weighted by atomic mass is 9.94. The fourth-order valence-electron chi connectivity index (χ4n) is 1.35. The Hall–Kier alpha value is -0.120. The van der Waals surface area contributed by atoms with Crippen LogP contribution in [0, 0.1) is 0 Å². The van der Waals surface area contributed by atoms with E-state index in [-0.39, 0.29) is 13.0 Å². The van der Waals surface area contributed by atoms with Gasteiger partial charge in [0.05, 0.1) is 12.7 Å². The van der Waals surface area contributed by atoms with E-state index in [1.54, 1.807) is 14.2 Å². The molecule has 0 aromatic rings. The molecule has 0 amide bonds. The summed E-state index contributed by atoms with van der Waals surface area (Å²) in [5, 5.41) is 1.97. The standard InChI is InChI=1S/C8H17NO2.CH4/c1-8(10-2)4-6-9(11-3)7-5-8;/h4-7H2,1-3H3;1H4. The number of piperidine rings is 1. The highest BCUT2D eigenvalue weighted by atomic mass is 16.7. The zero-order valence-electron chi connectivity index (χ0n) is 7.59. The summed E-state index contributed by atoms with van der Waals surface area (Å²) in [6, 6.07) is 0. The molecule has 0 spiro atoms. The molecule has 1 aliphatic heterocycles. The van der Waals surface area contributed by atoms with E-state index in [4.69, 9.17) is 9.57 Å². The molecule has 1 aliphatic rings. The Balaban J connectivity index is 0.00000121. The maximum Gasteiger partial charge on any atom is 0.0676 e. The van der Waals surface area contributed by atoms with Gasteiger partial charge in [-0.1, -0.05) is 7.43 Å². The van der Waals surface area contributed by atoms with Crippen LogP contribution in [0.4, 0.5) is 0 Å². The van der Waals surface area contributed by atoms with E-state index in [2.05, 4.69) is 6.92 Å². The normalized spacial score (nSPS) is 23.2. The number of methoxy groups -OCH3 is 1. The summed E-state index contributed by atoms with van der Waals surface area (Å²) < 4.78 is 5.39. The van der Waals surface area contributed by atoms with Crippen molar-refractivity contribution in [1.82, 2.24) is 5.06 Å². The number of rotatable bonds is 2. The molecule has 0 aromatic heterocycles. The van der Waals surface area contributed by atoms with Crippen molar-refractivity contribution in [2.24, 2.45) is 0 Å². The fourth-order valence-corrected chi connectivity index (χ4v) is 1.35. The number of hydrogen-bond acceptors (Lipinski definition) is 3. The first kappa shape index (κ1) is 11.9. The average molecular weight is 175 g/mol. The summed E-state index contributed by atoms with van der Waals surface area (Å²) in [7, 11) is 3.50. The lowest BCUT2D eigenvalue weighted by molar-refractivity contribution is -0.175. The van der Waals surface area contributed by atoms with Crippen LogP contribution in [0.5, 0.6) is 0 Å². The fraction of sp³-hybridized carbons (Fsp3) is 1.00. The summed E-state index contributed by atoms with van der Waals surface area (Å²) in [5.41, 5.74) is 0.0784. The Bertz CT molecular complexity index is 120. The summed E-state index contributed by atoms with van der Waals surface area (Å²) in [5.74, 6) is 0. The molecule has 0 atom stereocenters. The van der Waals surface area contributed by atoms with Crippen molar-refractivity contribution in [2.45, 2.75) is 32.8 Å². The minimum Gasteiger partial charge on any atom is -0.378 e. The molecule has 0 unspecified atom stereocenters. The Kier molecular flexibility index (Phi) is 4.75. The largest absolute Gasteiger partial charge is 0.378 e. The molecular formula is C9H21NO2. The lowest BCUT2D eigenvalue weighted by Crippen LogP contribution is -2.43. The molecule has 0 aliphatic carbocycles. The second kappa shape index (κ2) is 4.80. The molecule has 0 saturated carbocycles. The first-order chi connectivity index (χ1) is 5.20. The molecule has 1 fully saturated rings. The van der Waals surface area contributed by atoms with E-state index >= 15 is 0 Å². The van der Waals surface area contributed by atoms with E-state index < -0.39 is 0 Å². The Morgan fingerprint density at radius 3 is 2.00 bits per heavy atom. The van der Waals surface area contributed by atoms with Crippen LogP contribution in [0.2, 0.25) is 0 Å². The average Bonchev–Trinajstić information content (AvgIpc) is 2.06. The van der Waals surface area contributed by atoms with Crippen molar-refractivity contribution in [2.75, 3.05) is 27.3 Å². The van der Waals surface area contributed by atoms with Gasteiger partial charge in [-0.2, -0.15) is 5.06 Å². The highest BCUT2D eigenvalue weighted by Crippen LogP contribution is 2.24. The van der Waals surface area contributed by atoms with Gasteiger partial charge < -0.3 is 9.57 Å². The summed E-state index contributed by atoms with van der Waals surface area (Å²) in [6.45, 7) is 4.10. The summed E-state index contributed by atoms with van der Waals surface area (Å²) in [4.78, 5) is 5.11. The first-order valence-electron chi connectivity index (χ1n) is 4.04. The van der Waals surface area contributed by atoms with Crippen molar-refractivity contribution in [1.29, 1.82) is 0 Å². The van der Waals surface area contributed by atoms with Gasteiger partial charge in [0.1, 0.15) is 0 Å². The zero-order valence-corrected chi connectivity index (χ0v) is 7.59. The monoisotopic (exact) mass is 175 g/mol. The van der Waals surface area contributed by atoms with Crippen LogP contribution >= 0.6 is 0 Å². The molecule has 0 N–H and O–H groups in total. The molecule has 3 heteroatoms. The van der Waals surface area contributed by atoms with Crippen molar-refractivity contribution >= 4 is 0 Å². The van der Waals surface area contributed by atoms with E-state index in [1.165, 1.54) is 0 Å². The van der Waals surface area contributed by atoms with Gasteiger partial charge >= 0.3 is 0 Å². The number of hydroxylamine groups is 2. The molecule has 74 valence electrons. The predicted molar refractivity (Wildman–Crippen MR) is 50.0 cm³/mol. The molecule has 0 aromatic carbocycles. The third kappa shape index (κ3) is 2.73. The summed E-state index contributed by atoms with van der Waals surface area (Å²) >= 11 is 0. The third-order valence-corrected chi connectivity index (χ3v) is 2.53. The van der Waals surface area contributed by atoms with E-state index in [1.807, 2.05) is 5.06 Å². The van der Waals surface area contributed by atoms with E-state index in [0.717, 1.165) is 25.9 Å². The smallest absolute Gasteiger partial charge is 0.0676 e. The van der Waals surface area contributed by atoms with Crippen molar-refractivity contribution < 1.29 is 9.57 Å². The quantitative estimate of drug-likeness (QED) is 0.637. The molecule has 12 heavy (non-hydrogen) atoms. The van der Waals surface area contributed by atoms with Crippen LogP contribution in [0.1, 0.15) is 27.2 Å². The van der Waals surface area contributed by atoms with Crippen molar-refractivity contribution in [3.8, 4) is 0 Å². The summed E-state index contributed by atoms with van der Waals surface area (Å²) in [6.07, 6.45) is 2.11. The Morgan fingerprint density at radius 2 is 1.67 bits per heavy atom. The van der Waals surface area contributed by atoms with Gasteiger partial charge in [-0.05, 0) is 19.8 Å². The maximum atomic E-state index is 5.39. The molecule has 3 nitrogen and oxygen atoms in total. The van der Waals surface area contributed by atoms with Gasteiger partial charge in [0.15, 0.2) is 0 Å². The highest BCUT2D eigenvalue weighted by molar-refractivity contribution is 4.80. The van der Waals surface area contributed by atoms with Crippen molar-refractivity contribution in [3.63, 3.8) is 0 Å². The van der Waals surface area contributed by atoms with Crippen LogP contribution in [0.25, 0.3) is 0 Å². The number of ether oxygens (including phenoxy) is 1. The van der Waals surface area contributed by atoms with Crippen LogP contribution in [-0.2, 0) is 9.57 Å². The van der Waals surface area contributed by atoms with Gasteiger partial charge in [0, 0.05) is 20.2 Å². The first-order valence-corrected chi connectivity index (χ1v) is 4.04. The molecule has 1 saturated heterocycles. The van der Waals surface area contributed by atoms with Gasteiger partial charge in [-0.3, -0.25) is 0 Å². The van der Waals surface area contributed by atoms with Gasteiger partial charge in [-0.15, -0.1) is 0 Å². The van der Waals surface area contributed by atoms with E-state index in [0.29, 0.717) is 0 Å². The van der Waals surface area contributed by atoms with Crippen LogP contribution in [-0.4, -0.2) is 38.0 Å². The maximum absolute atomic E-state index is 5.39. The Labute approximate surface area is 75.6 Å². The molecule has 0 bridgehead atoms. The molecule has 1 heterocycles. The SMILES string of the molecule is C.CON1CCC(C)(OC)CC1. The molecular weight excluding hydrogens is 154 g/mol. The topological polar surface area (TPSA) is 21.7 Å². The van der Waals surface area contributed by atoms with Gasteiger partial charge in [0.25, 0.3) is 0 Å². The second-order valence-corrected chi connectivity index (χ2v) is 3.27. The second-order valence-electron chi connectivity index (χ2n) is 3.27.